The van der Waals surface area contributed by atoms with E-state index in [0.29, 0.717) is 5.69 Å². The number of hydrogen-bond donors (Lipinski definition) is 0. The van der Waals surface area contributed by atoms with Crippen molar-refractivity contribution >= 4 is 29.2 Å². The van der Waals surface area contributed by atoms with E-state index in [1.807, 2.05) is 0 Å². The van der Waals surface area contributed by atoms with E-state index in [0.717, 1.165) is 17.0 Å². The molecular weight excluding hydrogens is 396 g/mol. The van der Waals surface area contributed by atoms with E-state index >= 15 is 0 Å². The zero-order chi connectivity index (χ0) is 22.1. The summed E-state index contributed by atoms with van der Waals surface area (Å²) < 4.78 is 14.8. The molecule has 0 aliphatic carbocycles. The fraction of sp³-hybridized carbons (Fsp3) is 0.250. The number of esters is 2. The van der Waals surface area contributed by atoms with E-state index in [9.17, 15) is 24.5 Å². The summed E-state index contributed by atoms with van der Waals surface area (Å²) in [4.78, 5) is 48.0. The molecule has 0 N–H and O–H groups in total. The monoisotopic (exact) mass is 416 g/mol. The first kappa shape index (κ1) is 22.3. The van der Waals surface area contributed by atoms with Crippen molar-refractivity contribution in [1.29, 1.82) is 0 Å². The molecule has 0 aliphatic heterocycles. The van der Waals surface area contributed by atoms with Crippen molar-refractivity contribution in [2.24, 2.45) is 0 Å². The van der Waals surface area contributed by atoms with Gasteiger partial charge in [0, 0.05) is 17.8 Å². The Morgan fingerprint density at radius 1 is 1.10 bits per heavy atom. The molecule has 1 amide bonds. The van der Waals surface area contributed by atoms with Gasteiger partial charge in [-0.05, 0) is 25.1 Å². The number of methoxy groups -OCH3 is 1. The molecule has 2 aromatic carbocycles. The molecule has 10 heteroatoms. The van der Waals surface area contributed by atoms with Gasteiger partial charge < -0.3 is 14.2 Å². The van der Waals surface area contributed by atoms with Crippen molar-refractivity contribution in [3.05, 3.63) is 64.2 Å². The van der Waals surface area contributed by atoms with Crippen molar-refractivity contribution in [2.75, 3.05) is 31.8 Å². The fourth-order valence-electron chi connectivity index (χ4n) is 2.51. The number of carbonyl (C=O) groups is 3. The summed E-state index contributed by atoms with van der Waals surface area (Å²) in [5.41, 5.74) is 0.0288. The molecule has 2 aromatic rings. The van der Waals surface area contributed by atoms with Crippen LogP contribution >= 0.6 is 0 Å². The molecule has 0 aliphatic rings. The Balaban J connectivity index is 2.24. The predicted octanol–water partition coefficient (Wildman–Crippen LogP) is 2.36. The van der Waals surface area contributed by atoms with Gasteiger partial charge in [-0.15, -0.1) is 0 Å². The number of rotatable bonds is 9. The Kier molecular flexibility index (Phi) is 7.86. The third-order valence-corrected chi connectivity index (χ3v) is 3.89. The second-order valence-electron chi connectivity index (χ2n) is 5.84. The number of anilines is 1. The number of ether oxygens (including phenoxy) is 3. The van der Waals surface area contributed by atoms with E-state index in [2.05, 4.69) is 4.74 Å². The number of para-hydroxylation sites is 1. The van der Waals surface area contributed by atoms with E-state index in [1.165, 1.54) is 13.2 Å². The molecular formula is C20H20N2O8. The van der Waals surface area contributed by atoms with E-state index < -0.39 is 35.1 Å². The highest BCUT2D eigenvalue weighted by Crippen LogP contribution is 2.28. The first-order valence-corrected chi connectivity index (χ1v) is 8.88. The zero-order valence-corrected chi connectivity index (χ0v) is 16.4. The van der Waals surface area contributed by atoms with Crippen LogP contribution in [0.3, 0.4) is 0 Å². The van der Waals surface area contributed by atoms with Crippen LogP contribution in [0.15, 0.2) is 48.5 Å². The zero-order valence-electron chi connectivity index (χ0n) is 16.4. The Labute approximate surface area is 172 Å². The molecule has 158 valence electrons. The molecule has 0 fully saturated rings. The number of carbonyl (C=O) groups excluding carboxylic acids is 3. The lowest BCUT2D eigenvalue weighted by atomic mass is 10.2. The van der Waals surface area contributed by atoms with Crippen LogP contribution in [-0.2, 0) is 19.1 Å². The summed E-state index contributed by atoms with van der Waals surface area (Å²) in [6, 6.07) is 11.8. The quantitative estimate of drug-likeness (QED) is 0.346. The number of benzene rings is 2. The Morgan fingerprint density at radius 2 is 1.80 bits per heavy atom. The van der Waals surface area contributed by atoms with E-state index in [4.69, 9.17) is 9.47 Å². The number of nitro groups is 1. The summed E-state index contributed by atoms with van der Waals surface area (Å²) in [7, 11) is 1.17. The lowest BCUT2D eigenvalue weighted by Crippen LogP contribution is -2.39. The number of nitro benzene ring substituents is 1. The van der Waals surface area contributed by atoms with Gasteiger partial charge in [0.15, 0.2) is 12.4 Å². The van der Waals surface area contributed by atoms with E-state index in [-0.39, 0.29) is 24.5 Å². The standard InChI is InChI=1S/C20H20N2O8/c1-3-29-19(24)12-21(15-7-5-4-6-8-15)18(23)13-30-17-11-14(20(25)28-2)9-10-16(17)22(26)27/h4-11H,3,12-13H2,1-2H3. The Hall–Kier alpha value is -3.95. The molecule has 0 saturated carbocycles. The number of hydrogen-bond acceptors (Lipinski definition) is 8. The minimum Gasteiger partial charge on any atom is -0.477 e. The van der Waals surface area contributed by atoms with Gasteiger partial charge in [-0.2, -0.15) is 0 Å². The topological polar surface area (TPSA) is 125 Å². The smallest absolute Gasteiger partial charge is 0.337 e. The van der Waals surface area contributed by atoms with Crippen LogP contribution in [0, 0.1) is 10.1 Å². The summed E-state index contributed by atoms with van der Waals surface area (Å²) >= 11 is 0. The van der Waals surface area contributed by atoms with Gasteiger partial charge in [0.2, 0.25) is 0 Å². The van der Waals surface area contributed by atoms with Crippen molar-refractivity contribution < 1.29 is 33.5 Å². The average Bonchev–Trinajstić information content (AvgIpc) is 2.75. The number of nitrogens with zero attached hydrogens (tertiary/aromatic N) is 2. The lowest BCUT2D eigenvalue weighted by Gasteiger charge is -2.22. The molecule has 2 rings (SSSR count). The van der Waals surface area contributed by atoms with Crippen molar-refractivity contribution in [3.63, 3.8) is 0 Å². The van der Waals surface area contributed by atoms with Crippen LogP contribution in [0.2, 0.25) is 0 Å². The van der Waals surface area contributed by atoms with Gasteiger partial charge in [-0.3, -0.25) is 24.6 Å². The molecule has 0 aromatic heterocycles. The Morgan fingerprint density at radius 3 is 2.40 bits per heavy atom. The highest BCUT2D eigenvalue weighted by molar-refractivity contribution is 5.98. The van der Waals surface area contributed by atoms with Gasteiger partial charge in [0.05, 0.1) is 24.2 Å². The van der Waals surface area contributed by atoms with Crippen LogP contribution in [0.25, 0.3) is 0 Å². The maximum atomic E-state index is 12.7. The molecule has 0 unspecified atom stereocenters. The van der Waals surface area contributed by atoms with Gasteiger partial charge in [-0.1, -0.05) is 18.2 Å². The third-order valence-electron chi connectivity index (χ3n) is 3.89. The fourth-order valence-corrected chi connectivity index (χ4v) is 2.51. The molecule has 0 bridgehead atoms. The molecule has 0 spiro atoms. The lowest BCUT2D eigenvalue weighted by molar-refractivity contribution is -0.385. The van der Waals surface area contributed by atoms with E-state index in [1.54, 1.807) is 37.3 Å². The normalized spacial score (nSPS) is 10.1. The van der Waals surface area contributed by atoms with Gasteiger partial charge in [0.1, 0.15) is 6.54 Å². The molecule has 30 heavy (non-hydrogen) atoms. The Bertz CT molecular complexity index is 930. The maximum Gasteiger partial charge on any atom is 0.337 e. The summed E-state index contributed by atoms with van der Waals surface area (Å²) in [5.74, 6) is -2.24. The minimum absolute atomic E-state index is 0.0250. The highest BCUT2D eigenvalue weighted by Gasteiger charge is 2.23. The highest BCUT2D eigenvalue weighted by atomic mass is 16.6. The van der Waals surface area contributed by atoms with Crippen molar-refractivity contribution in [1.82, 2.24) is 0 Å². The first-order valence-electron chi connectivity index (χ1n) is 8.88. The molecule has 0 atom stereocenters. The summed E-state index contributed by atoms with van der Waals surface area (Å²) in [6.45, 7) is 0.825. The van der Waals surface area contributed by atoms with Gasteiger partial charge in [0.25, 0.3) is 5.91 Å². The van der Waals surface area contributed by atoms with Crippen LogP contribution in [0.5, 0.6) is 5.75 Å². The largest absolute Gasteiger partial charge is 0.477 e. The molecule has 0 heterocycles. The van der Waals surface area contributed by atoms with Crippen molar-refractivity contribution in [3.8, 4) is 5.75 Å². The van der Waals surface area contributed by atoms with Crippen LogP contribution in [-0.4, -0.2) is 49.6 Å². The van der Waals surface area contributed by atoms with Crippen LogP contribution in [0.4, 0.5) is 11.4 Å². The first-order chi connectivity index (χ1) is 14.4. The molecule has 10 nitrogen and oxygen atoms in total. The van der Waals surface area contributed by atoms with Gasteiger partial charge >= 0.3 is 17.6 Å². The third kappa shape index (κ3) is 5.77. The van der Waals surface area contributed by atoms with Gasteiger partial charge in [-0.25, -0.2) is 4.79 Å². The summed E-state index contributed by atoms with van der Waals surface area (Å²) in [5, 5.41) is 11.2. The van der Waals surface area contributed by atoms with Crippen LogP contribution in [0.1, 0.15) is 17.3 Å². The molecule has 0 saturated heterocycles. The minimum atomic E-state index is -0.714. The molecule has 0 radical (unpaired) electrons. The SMILES string of the molecule is CCOC(=O)CN(C(=O)COc1cc(C(=O)OC)ccc1[N+](=O)[O-])c1ccccc1. The number of amides is 1. The second-order valence-corrected chi connectivity index (χ2v) is 5.84. The van der Waals surface area contributed by atoms with Crippen molar-refractivity contribution in [2.45, 2.75) is 6.92 Å². The average molecular weight is 416 g/mol. The summed E-state index contributed by atoms with van der Waals surface area (Å²) in [6.07, 6.45) is 0. The predicted molar refractivity (Wildman–Crippen MR) is 105 cm³/mol. The second kappa shape index (κ2) is 10.6. The van der Waals surface area contributed by atoms with Crippen LogP contribution < -0.4 is 9.64 Å². The maximum absolute atomic E-state index is 12.7.